The molecule has 0 saturated heterocycles. The van der Waals surface area contributed by atoms with Crippen molar-refractivity contribution in [3.8, 4) is 5.75 Å². The van der Waals surface area contributed by atoms with Gasteiger partial charge in [0.2, 0.25) is 0 Å². The van der Waals surface area contributed by atoms with Crippen molar-refractivity contribution in [3.05, 3.63) is 65.7 Å². The highest BCUT2D eigenvalue weighted by Crippen LogP contribution is 2.21. The molecule has 0 unspecified atom stereocenters. The topological polar surface area (TPSA) is 9.23 Å². The van der Waals surface area contributed by atoms with Crippen LogP contribution in [0.15, 0.2) is 54.6 Å². The van der Waals surface area contributed by atoms with E-state index in [0.717, 1.165) is 18.6 Å². The average molecular weight is 261 g/mol. The van der Waals surface area contributed by atoms with E-state index in [-0.39, 0.29) is 0 Å². The minimum absolute atomic E-state index is 0.610. The SMILES string of the molecule is ClCCCc1ccccc1OCc1ccccc1. The lowest BCUT2D eigenvalue weighted by atomic mass is 10.1. The molecule has 0 fully saturated rings. The maximum atomic E-state index is 5.88. The first-order valence-electron chi connectivity index (χ1n) is 6.21. The molecular formula is C16H17ClO. The van der Waals surface area contributed by atoms with Crippen molar-refractivity contribution in [2.75, 3.05) is 5.88 Å². The predicted molar refractivity (Wildman–Crippen MR) is 76.3 cm³/mol. The van der Waals surface area contributed by atoms with E-state index in [1.165, 1.54) is 11.1 Å². The number of para-hydroxylation sites is 1. The molecule has 1 nitrogen and oxygen atoms in total. The van der Waals surface area contributed by atoms with Gasteiger partial charge in [-0.15, -0.1) is 11.6 Å². The van der Waals surface area contributed by atoms with Gasteiger partial charge in [0.1, 0.15) is 12.4 Å². The molecule has 2 heteroatoms. The highest BCUT2D eigenvalue weighted by molar-refractivity contribution is 6.17. The Labute approximate surface area is 113 Å². The average Bonchev–Trinajstić information content (AvgIpc) is 2.45. The Morgan fingerprint density at radius 1 is 0.889 bits per heavy atom. The zero-order chi connectivity index (χ0) is 12.6. The zero-order valence-corrected chi connectivity index (χ0v) is 11.1. The molecule has 0 amide bonds. The van der Waals surface area contributed by atoms with Gasteiger partial charge in [0.05, 0.1) is 0 Å². The number of ether oxygens (including phenoxy) is 1. The first kappa shape index (κ1) is 13.0. The van der Waals surface area contributed by atoms with Crippen LogP contribution in [0.25, 0.3) is 0 Å². The summed E-state index contributed by atoms with van der Waals surface area (Å²) in [5.41, 5.74) is 2.42. The standard InChI is InChI=1S/C16H17ClO/c17-12-6-10-15-9-4-5-11-16(15)18-13-14-7-2-1-3-8-14/h1-5,7-9,11H,6,10,12-13H2. The number of benzene rings is 2. The van der Waals surface area contributed by atoms with Crippen LogP contribution >= 0.6 is 11.6 Å². The summed E-state index contributed by atoms with van der Waals surface area (Å²) >= 11 is 5.74. The molecule has 0 radical (unpaired) electrons. The summed E-state index contributed by atoms with van der Waals surface area (Å²) in [4.78, 5) is 0. The summed E-state index contributed by atoms with van der Waals surface area (Å²) < 4.78 is 5.88. The van der Waals surface area contributed by atoms with Crippen LogP contribution in [0.1, 0.15) is 17.5 Å². The molecule has 0 N–H and O–H groups in total. The molecule has 0 aliphatic heterocycles. The van der Waals surface area contributed by atoms with Crippen molar-refractivity contribution in [3.63, 3.8) is 0 Å². The second-order valence-corrected chi connectivity index (χ2v) is 4.55. The van der Waals surface area contributed by atoms with E-state index >= 15 is 0 Å². The first-order valence-corrected chi connectivity index (χ1v) is 6.74. The molecule has 0 saturated carbocycles. The van der Waals surface area contributed by atoms with Crippen molar-refractivity contribution in [1.82, 2.24) is 0 Å². The van der Waals surface area contributed by atoms with Gasteiger partial charge >= 0.3 is 0 Å². The van der Waals surface area contributed by atoms with Crippen LogP contribution in [-0.4, -0.2) is 5.88 Å². The van der Waals surface area contributed by atoms with Gasteiger partial charge in [-0.1, -0.05) is 48.5 Å². The largest absolute Gasteiger partial charge is 0.489 e. The van der Waals surface area contributed by atoms with E-state index in [1.807, 2.05) is 36.4 Å². The fourth-order valence-electron chi connectivity index (χ4n) is 1.84. The molecule has 2 rings (SSSR count). The third-order valence-corrected chi connectivity index (χ3v) is 3.06. The van der Waals surface area contributed by atoms with E-state index < -0.39 is 0 Å². The van der Waals surface area contributed by atoms with E-state index in [9.17, 15) is 0 Å². The minimum atomic E-state index is 0.610. The van der Waals surface area contributed by atoms with Crippen LogP contribution in [0.5, 0.6) is 5.75 Å². The Balaban J connectivity index is 2.00. The van der Waals surface area contributed by atoms with Gasteiger partial charge in [-0.3, -0.25) is 0 Å². The summed E-state index contributed by atoms with van der Waals surface area (Å²) in [6.07, 6.45) is 1.95. The molecule has 18 heavy (non-hydrogen) atoms. The second kappa shape index (κ2) is 7.07. The Hall–Kier alpha value is -1.47. The Bertz CT molecular complexity index is 468. The summed E-state index contributed by atoms with van der Waals surface area (Å²) in [5.74, 6) is 1.65. The molecule has 94 valence electrons. The predicted octanol–water partition coefficient (Wildman–Crippen LogP) is 4.44. The quantitative estimate of drug-likeness (QED) is 0.698. The molecule has 2 aromatic rings. The fourth-order valence-corrected chi connectivity index (χ4v) is 1.98. The van der Waals surface area contributed by atoms with E-state index in [0.29, 0.717) is 12.5 Å². The Morgan fingerprint density at radius 2 is 1.61 bits per heavy atom. The number of hydrogen-bond acceptors (Lipinski definition) is 1. The van der Waals surface area contributed by atoms with E-state index in [2.05, 4.69) is 18.2 Å². The normalized spacial score (nSPS) is 10.3. The maximum absolute atomic E-state index is 5.88. The summed E-state index contributed by atoms with van der Waals surface area (Å²) in [6.45, 7) is 0.610. The van der Waals surface area contributed by atoms with Gasteiger partial charge in [-0.05, 0) is 30.0 Å². The van der Waals surface area contributed by atoms with Crippen LogP contribution in [0.3, 0.4) is 0 Å². The molecule has 0 atom stereocenters. The molecule has 0 aliphatic carbocycles. The number of hydrogen-bond donors (Lipinski definition) is 0. The summed E-state index contributed by atoms with van der Waals surface area (Å²) in [6, 6.07) is 18.4. The summed E-state index contributed by atoms with van der Waals surface area (Å²) in [7, 11) is 0. The number of halogens is 1. The lowest BCUT2D eigenvalue weighted by molar-refractivity contribution is 0.303. The van der Waals surface area contributed by atoms with Crippen LogP contribution in [0.2, 0.25) is 0 Å². The van der Waals surface area contributed by atoms with Gasteiger partial charge in [-0.25, -0.2) is 0 Å². The van der Waals surface area contributed by atoms with E-state index in [1.54, 1.807) is 0 Å². The van der Waals surface area contributed by atoms with Gasteiger partial charge in [0, 0.05) is 5.88 Å². The minimum Gasteiger partial charge on any atom is -0.489 e. The van der Waals surface area contributed by atoms with Crippen LogP contribution in [0.4, 0.5) is 0 Å². The highest BCUT2D eigenvalue weighted by Gasteiger charge is 2.02. The van der Waals surface area contributed by atoms with Crippen molar-refractivity contribution < 1.29 is 4.74 Å². The second-order valence-electron chi connectivity index (χ2n) is 4.17. The fraction of sp³-hybridized carbons (Fsp3) is 0.250. The first-order chi connectivity index (χ1) is 8.90. The van der Waals surface area contributed by atoms with Gasteiger partial charge in [0.25, 0.3) is 0 Å². The number of rotatable bonds is 6. The van der Waals surface area contributed by atoms with Crippen molar-refractivity contribution in [1.29, 1.82) is 0 Å². The smallest absolute Gasteiger partial charge is 0.122 e. The molecule has 0 aliphatic rings. The van der Waals surface area contributed by atoms with Crippen LogP contribution in [-0.2, 0) is 13.0 Å². The molecular weight excluding hydrogens is 244 g/mol. The highest BCUT2D eigenvalue weighted by atomic mass is 35.5. The third kappa shape index (κ3) is 3.78. The molecule has 0 heterocycles. The third-order valence-electron chi connectivity index (χ3n) is 2.79. The number of alkyl halides is 1. The molecule has 0 spiro atoms. The number of aryl methyl sites for hydroxylation is 1. The van der Waals surface area contributed by atoms with Crippen LogP contribution < -0.4 is 4.74 Å². The Kier molecular flexibility index (Phi) is 5.10. The lowest BCUT2D eigenvalue weighted by Gasteiger charge is -2.11. The van der Waals surface area contributed by atoms with Crippen molar-refractivity contribution in [2.24, 2.45) is 0 Å². The molecule has 0 bridgehead atoms. The van der Waals surface area contributed by atoms with Crippen molar-refractivity contribution >= 4 is 11.6 Å². The maximum Gasteiger partial charge on any atom is 0.122 e. The van der Waals surface area contributed by atoms with Crippen LogP contribution in [0, 0.1) is 0 Å². The van der Waals surface area contributed by atoms with Gasteiger partial charge < -0.3 is 4.74 Å². The monoisotopic (exact) mass is 260 g/mol. The zero-order valence-electron chi connectivity index (χ0n) is 10.3. The van der Waals surface area contributed by atoms with Gasteiger partial charge in [0.15, 0.2) is 0 Å². The Morgan fingerprint density at radius 3 is 2.39 bits per heavy atom. The van der Waals surface area contributed by atoms with Gasteiger partial charge in [-0.2, -0.15) is 0 Å². The van der Waals surface area contributed by atoms with E-state index in [4.69, 9.17) is 16.3 Å². The summed E-state index contributed by atoms with van der Waals surface area (Å²) in [5, 5.41) is 0. The lowest BCUT2D eigenvalue weighted by Crippen LogP contribution is -1.98. The molecule has 2 aromatic carbocycles. The molecule has 0 aromatic heterocycles. The van der Waals surface area contributed by atoms with Crippen molar-refractivity contribution in [2.45, 2.75) is 19.4 Å².